The van der Waals surface area contributed by atoms with Gasteiger partial charge >= 0.3 is 0 Å². The predicted molar refractivity (Wildman–Crippen MR) is 90.4 cm³/mol. The molecule has 0 aromatic carbocycles. The lowest BCUT2D eigenvalue weighted by molar-refractivity contribution is -0.0200. The number of nitrogens with zero attached hydrogens (tertiary/aromatic N) is 1. The SMILES string of the molecule is CCN(C1CCCCC1)C1(CN)CCC2(CCCC2)CC1. The van der Waals surface area contributed by atoms with Gasteiger partial charge in [0.05, 0.1) is 0 Å². The number of hydrogen-bond donors (Lipinski definition) is 1. The van der Waals surface area contributed by atoms with Crippen LogP contribution in [-0.4, -0.2) is 29.6 Å². The summed E-state index contributed by atoms with van der Waals surface area (Å²) in [6, 6.07) is 0.824. The Bertz CT molecular complexity index is 316. The van der Waals surface area contributed by atoms with Crippen LogP contribution in [0.25, 0.3) is 0 Å². The highest BCUT2D eigenvalue weighted by Crippen LogP contribution is 2.52. The Morgan fingerprint density at radius 3 is 2.00 bits per heavy atom. The molecule has 3 aliphatic rings. The minimum Gasteiger partial charge on any atom is -0.329 e. The summed E-state index contributed by atoms with van der Waals surface area (Å²) in [5.74, 6) is 0. The maximum Gasteiger partial charge on any atom is 0.0334 e. The molecule has 1 spiro atoms. The molecule has 0 unspecified atom stereocenters. The molecule has 0 aromatic heterocycles. The van der Waals surface area contributed by atoms with Crippen LogP contribution < -0.4 is 5.73 Å². The molecule has 21 heavy (non-hydrogen) atoms. The van der Waals surface area contributed by atoms with Gasteiger partial charge < -0.3 is 5.73 Å². The van der Waals surface area contributed by atoms with Crippen LogP contribution in [-0.2, 0) is 0 Å². The van der Waals surface area contributed by atoms with Crippen molar-refractivity contribution in [3.63, 3.8) is 0 Å². The van der Waals surface area contributed by atoms with Gasteiger partial charge in [-0.1, -0.05) is 39.0 Å². The molecule has 3 rings (SSSR count). The summed E-state index contributed by atoms with van der Waals surface area (Å²) in [5.41, 5.74) is 7.43. The monoisotopic (exact) mass is 292 g/mol. The fourth-order valence-corrected chi connectivity index (χ4v) is 5.85. The minimum atomic E-state index is 0.338. The molecule has 0 atom stereocenters. The van der Waals surface area contributed by atoms with E-state index in [-0.39, 0.29) is 0 Å². The Labute approximate surface area is 131 Å². The van der Waals surface area contributed by atoms with Gasteiger partial charge in [-0.15, -0.1) is 0 Å². The summed E-state index contributed by atoms with van der Waals surface area (Å²) in [7, 11) is 0. The zero-order valence-corrected chi connectivity index (χ0v) is 14.2. The molecule has 0 aromatic rings. The van der Waals surface area contributed by atoms with Crippen LogP contribution in [0, 0.1) is 5.41 Å². The third-order valence-electron chi connectivity index (χ3n) is 7.25. The smallest absolute Gasteiger partial charge is 0.0334 e. The van der Waals surface area contributed by atoms with Gasteiger partial charge in [0.2, 0.25) is 0 Å². The van der Waals surface area contributed by atoms with E-state index in [1.54, 1.807) is 0 Å². The number of likely N-dealkylation sites (N-methyl/N-ethyl adjacent to an activating group) is 1. The van der Waals surface area contributed by atoms with E-state index in [0.717, 1.165) is 18.0 Å². The van der Waals surface area contributed by atoms with Crippen molar-refractivity contribution in [3.8, 4) is 0 Å². The van der Waals surface area contributed by atoms with Crippen LogP contribution in [0.2, 0.25) is 0 Å². The Balaban J connectivity index is 1.70. The lowest BCUT2D eigenvalue weighted by Crippen LogP contribution is -2.60. The topological polar surface area (TPSA) is 29.3 Å². The summed E-state index contributed by atoms with van der Waals surface area (Å²) in [6.45, 7) is 4.45. The summed E-state index contributed by atoms with van der Waals surface area (Å²) in [5, 5.41) is 0. The van der Waals surface area contributed by atoms with Crippen LogP contribution in [0.4, 0.5) is 0 Å². The molecule has 0 saturated heterocycles. The summed E-state index contributed by atoms with van der Waals surface area (Å²) < 4.78 is 0. The van der Waals surface area contributed by atoms with Crippen LogP contribution >= 0.6 is 0 Å². The third kappa shape index (κ3) is 3.03. The van der Waals surface area contributed by atoms with E-state index in [1.165, 1.54) is 90.0 Å². The quantitative estimate of drug-likeness (QED) is 0.828. The molecule has 2 nitrogen and oxygen atoms in total. The van der Waals surface area contributed by atoms with Crippen molar-refractivity contribution < 1.29 is 0 Å². The van der Waals surface area contributed by atoms with Crippen molar-refractivity contribution in [2.45, 2.75) is 102 Å². The average molecular weight is 293 g/mol. The van der Waals surface area contributed by atoms with Crippen molar-refractivity contribution in [1.29, 1.82) is 0 Å². The molecular formula is C19H36N2. The first kappa shape index (κ1) is 15.8. The average Bonchev–Trinajstić information content (AvgIpc) is 3.00. The normalized spacial score (nSPS) is 29.3. The van der Waals surface area contributed by atoms with Gasteiger partial charge in [-0.05, 0) is 63.3 Å². The molecular weight excluding hydrogens is 256 g/mol. The number of nitrogens with two attached hydrogens (primary N) is 1. The zero-order chi connectivity index (χ0) is 14.8. The molecule has 0 amide bonds. The number of rotatable bonds is 4. The van der Waals surface area contributed by atoms with Crippen LogP contribution in [0.5, 0.6) is 0 Å². The van der Waals surface area contributed by atoms with Gasteiger partial charge in [-0.25, -0.2) is 0 Å². The summed E-state index contributed by atoms with van der Waals surface area (Å²) >= 11 is 0. The van der Waals surface area contributed by atoms with Gasteiger partial charge in [-0.3, -0.25) is 4.90 Å². The van der Waals surface area contributed by atoms with Gasteiger partial charge in [0.1, 0.15) is 0 Å². The molecule has 0 heterocycles. The standard InChI is InChI=1S/C19H36N2/c1-2-21(17-8-4-3-5-9-17)19(16-20)14-12-18(13-15-19)10-6-7-11-18/h17H,2-16,20H2,1H3. The first-order valence-corrected chi connectivity index (χ1v) is 9.70. The van der Waals surface area contributed by atoms with Crippen molar-refractivity contribution in [1.82, 2.24) is 4.90 Å². The first-order chi connectivity index (χ1) is 10.2. The Hall–Kier alpha value is -0.0800. The molecule has 3 fully saturated rings. The molecule has 0 aliphatic heterocycles. The highest BCUT2D eigenvalue weighted by molar-refractivity contribution is 5.02. The fourth-order valence-electron chi connectivity index (χ4n) is 5.85. The lowest BCUT2D eigenvalue weighted by Gasteiger charge is -2.53. The van der Waals surface area contributed by atoms with E-state index in [9.17, 15) is 0 Å². The first-order valence-electron chi connectivity index (χ1n) is 9.70. The van der Waals surface area contributed by atoms with Gasteiger partial charge in [0.25, 0.3) is 0 Å². The van der Waals surface area contributed by atoms with Gasteiger partial charge in [0.15, 0.2) is 0 Å². The maximum atomic E-state index is 6.37. The second kappa shape index (κ2) is 6.58. The Kier molecular flexibility index (Phi) is 4.95. The van der Waals surface area contributed by atoms with Gasteiger partial charge in [0, 0.05) is 18.1 Å². The minimum absolute atomic E-state index is 0.338. The second-order valence-corrected chi connectivity index (χ2v) is 8.21. The van der Waals surface area contributed by atoms with E-state index in [1.807, 2.05) is 0 Å². The predicted octanol–water partition coefficient (Wildman–Crippen LogP) is 4.47. The summed E-state index contributed by atoms with van der Waals surface area (Å²) in [4.78, 5) is 2.86. The van der Waals surface area contributed by atoms with Crippen LogP contribution in [0.1, 0.15) is 90.4 Å². The van der Waals surface area contributed by atoms with E-state index >= 15 is 0 Å². The van der Waals surface area contributed by atoms with Crippen molar-refractivity contribution >= 4 is 0 Å². The molecule has 122 valence electrons. The zero-order valence-electron chi connectivity index (χ0n) is 14.2. The molecule has 0 bridgehead atoms. The van der Waals surface area contributed by atoms with Crippen molar-refractivity contribution in [2.24, 2.45) is 11.1 Å². The number of hydrogen-bond acceptors (Lipinski definition) is 2. The molecule has 2 heteroatoms. The van der Waals surface area contributed by atoms with E-state index in [0.29, 0.717) is 5.54 Å². The van der Waals surface area contributed by atoms with E-state index in [4.69, 9.17) is 5.73 Å². The lowest BCUT2D eigenvalue weighted by atomic mass is 9.65. The van der Waals surface area contributed by atoms with Crippen LogP contribution in [0.3, 0.4) is 0 Å². The van der Waals surface area contributed by atoms with Crippen molar-refractivity contribution in [3.05, 3.63) is 0 Å². The van der Waals surface area contributed by atoms with Crippen molar-refractivity contribution in [2.75, 3.05) is 13.1 Å². The van der Waals surface area contributed by atoms with E-state index in [2.05, 4.69) is 11.8 Å². The van der Waals surface area contributed by atoms with Gasteiger partial charge in [-0.2, -0.15) is 0 Å². The molecule has 2 N–H and O–H groups in total. The Morgan fingerprint density at radius 1 is 0.857 bits per heavy atom. The largest absolute Gasteiger partial charge is 0.329 e. The second-order valence-electron chi connectivity index (χ2n) is 8.21. The molecule has 3 aliphatic carbocycles. The third-order valence-corrected chi connectivity index (χ3v) is 7.25. The molecule has 0 radical (unpaired) electrons. The Morgan fingerprint density at radius 2 is 1.48 bits per heavy atom. The highest BCUT2D eigenvalue weighted by atomic mass is 15.2. The fraction of sp³-hybridized carbons (Fsp3) is 1.00. The van der Waals surface area contributed by atoms with E-state index < -0.39 is 0 Å². The van der Waals surface area contributed by atoms with Crippen LogP contribution in [0.15, 0.2) is 0 Å². The maximum absolute atomic E-state index is 6.37. The summed E-state index contributed by atoms with van der Waals surface area (Å²) in [6.07, 6.45) is 18.8. The highest BCUT2D eigenvalue weighted by Gasteiger charge is 2.47. The molecule has 3 saturated carbocycles.